The van der Waals surface area contributed by atoms with Gasteiger partial charge in [-0.2, -0.15) is 5.10 Å². The fraction of sp³-hybridized carbons (Fsp3) is 0.222. The van der Waals surface area contributed by atoms with E-state index in [2.05, 4.69) is 19.1 Å². The first-order valence-corrected chi connectivity index (χ1v) is 15.3. The first-order chi connectivity index (χ1) is 18.4. The number of hydrogen-bond donors (Lipinski definition) is 3. The number of halogens is 1. The Bertz CT molecular complexity index is 1390. The second kappa shape index (κ2) is 12.8. The summed E-state index contributed by atoms with van der Waals surface area (Å²) in [7, 11) is 0. The fourth-order valence-corrected chi connectivity index (χ4v) is 6.54. The molecule has 3 N–H and O–H groups in total. The van der Waals surface area contributed by atoms with Crippen LogP contribution in [0.25, 0.3) is 22.4 Å². The van der Waals surface area contributed by atoms with Crippen molar-refractivity contribution in [2.45, 2.75) is 38.5 Å². The number of hydroxylamine groups is 1. The molecule has 0 bridgehead atoms. The Morgan fingerprint density at radius 3 is 2.45 bits per heavy atom. The maximum atomic E-state index is 12.9. The number of nitrogens with one attached hydrogen (secondary N) is 2. The molecule has 1 fully saturated rings. The second-order valence-electron chi connectivity index (χ2n) is 8.81. The standard InChI is InChI=1S/C14H10FN3.C13H18AsNO5/c15-12-3-1-11(2-4-12)14-13(9-17-18-14)10-5-7-16-8-6-10;1-10(16)15-19-14(17,20-18)13-8-4-7-12(9-13)11-5-2-3-6-11/h1-9H,(H,17,18);4,7-9,11,18H,2-3,5-6H2,1H3,(H,15,16). The van der Waals surface area contributed by atoms with Gasteiger partial charge in [-0.15, -0.1) is 0 Å². The molecule has 11 heteroatoms. The molecule has 0 aliphatic heterocycles. The maximum absolute atomic E-state index is 12.9. The maximum Gasteiger partial charge on any atom is 0.123 e. The van der Waals surface area contributed by atoms with Gasteiger partial charge in [0.25, 0.3) is 0 Å². The molecule has 2 aromatic carbocycles. The summed E-state index contributed by atoms with van der Waals surface area (Å²) in [6, 6.07) is 17.2. The summed E-state index contributed by atoms with van der Waals surface area (Å²) >= 11 is -4.65. The molecule has 0 saturated heterocycles. The Morgan fingerprint density at radius 2 is 1.79 bits per heavy atom. The molecule has 1 unspecified atom stereocenters. The van der Waals surface area contributed by atoms with Crippen LogP contribution in [-0.2, 0) is 16.2 Å². The number of nitrogens with zero attached hydrogens (tertiary/aromatic N) is 2. The molecule has 9 nitrogen and oxygen atoms in total. The van der Waals surface area contributed by atoms with Gasteiger partial charge in [0.15, 0.2) is 0 Å². The zero-order valence-corrected chi connectivity index (χ0v) is 22.6. The van der Waals surface area contributed by atoms with Crippen LogP contribution in [0.2, 0.25) is 0 Å². The third kappa shape index (κ3) is 6.85. The predicted octanol–water partition coefficient (Wildman–Crippen LogP) is 4.76. The Morgan fingerprint density at radius 1 is 1.08 bits per heavy atom. The van der Waals surface area contributed by atoms with Crippen molar-refractivity contribution in [3.8, 4) is 22.4 Å². The molecule has 1 aliphatic carbocycles. The van der Waals surface area contributed by atoms with Gasteiger partial charge in [0.1, 0.15) is 5.82 Å². The van der Waals surface area contributed by atoms with Gasteiger partial charge >= 0.3 is 120 Å². The molecule has 2 aromatic heterocycles. The first-order valence-electron chi connectivity index (χ1n) is 12.1. The molecule has 1 saturated carbocycles. The van der Waals surface area contributed by atoms with Gasteiger partial charge in [-0.1, -0.05) is 0 Å². The van der Waals surface area contributed by atoms with E-state index in [0.717, 1.165) is 40.8 Å². The van der Waals surface area contributed by atoms with E-state index in [1.807, 2.05) is 23.7 Å². The van der Waals surface area contributed by atoms with Crippen molar-refractivity contribution in [2.75, 3.05) is 0 Å². The van der Waals surface area contributed by atoms with Crippen LogP contribution in [0.1, 0.15) is 44.1 Å². The fourth-order valence-electron chi connectivity index (χ4n) is 4.32. The van der Waals surface area contributed by atoms with Crippen LogP contribution in [0.3, 0.4) is 0 Å². The second-order valence-corrected chi connectivity index (χ2v) is 12.7. The molecule has 1 aliphatic rings. The molecule has 1 amide bonds. The number of aromatic nitrogens is 3. The summed E-state index contributed by atoms with van der Waals surface area (Å²) in [5.41, 5.74) is 6.81. The van der Waals surface area contributed by atoms with E-state index in [0.29, 0.717) is 5.92 Å². The number of hydrogen-bond acceptors (Lipinski definition) is 7. The molecule has 5 rings (SSSR count). The van der Waals surface area contributed by atoms with Gasteiger partial charge in [-0.25, -0.2) is 4.39 Å². The summed E-state index contributed by atoms with van der Waals surface area (Å²) in [5, 5.41) is 15.9. The average Bonchev–Trinajstić information content (AvgIpc) is 3.66. The van der Waals surface area contributed by atoms with Crippen molar-refractivity contribution in [2.24, 2.45) is 0 Å². The SMILES string of the molecule is CC(=O)NO[As](=O)(OO)c1cccc(C2CCCC2)c1.Fc1ccc(-c2[nH]ncc2-c2ccncc2)cc1. The summed E-state index contributed by atoms with van der Waals surface area (Å²) in [4.78, 5) is 14.8. The van der Waals surface area contributed by atoms with E-state index in [4.69, 9.17) is 9.08 Å². The minimum atomic E-state index is -4.65. The van der Waals surface area contributed by atoms with Gasteiger partial charge in [-0.3, -0.25) is 10.1 Å². The monoisotopic (exact) mass is 582 g/mol. The number of aromatic amines is 1. The smallest absolute Gasteiger partial charge is 0.123 e. The van der Waals surface area contributed by atoms with E-state index < -0.39 is 20.1 Å². The normalized spacial score (nSPS) is 14.8. The van der Waals surface area contributed by atoms with Gasteiger partial charge in [0.05, 0.1) is 11.9 Å². The van der Waals surface area contributed by atoms with E-state index in [-0.39, 0.29) is 10.2 Å². The van der Waals surface area contributed by atoms with E-state index in [1.54, 1.807) is 48.9 Å². The molecule has 0 radical (unpaired) electrons. The Balaban J connectivity index is 0.000000178. The van der Waals surface area contributed by atoms with Crippen LogP contribution in [0, 0.1) is 5.82 Å². The number of carbonyl (C=O) groups excluding carboxylic acids is 1. The number of benzene rings is 2. The Hall–Kier alpha value is -3.56. The Labute approximate surface area is 222 Å². The summed E-state index contributed by atoms with van der Waals surface area (Å²) in [6.45, 7) is 1.21. The van der Waals surface area contributed by atoms with Crippen LogP contribution in [-0.4, -0.2) is 40.5 Å². The summed E-state index contributed by atoms with van der Waals surface area (Å²) < 4.78 is 34.5. The largest absolute Gasteiger partial charge is 0.277 e. The number of rotatable bonds is 7. The van der Waals surface area contributed by atoms with E-state index in [1.165, 1.54) is 31.9 Å². The molecule has 0 spiro atoms. The van der Waals surface area contributed by atoms with Crippen molar-refractivity contribution in [1.82, 2.24) is 20.7 Å². The molecule has 1 atom stereocenters. The summed E-state index contributed by atoms with van der Waals surface area (Å²) in [6.07, 6.45) is 9.81. The quantitative estimate of drug-likeness (QED) is 0.163. The topological polar surface area (TPSA) is 126 Å². The Kier molecular flexibility index (Phi) is 9.25. The van der Waals surface area contributed by atoms with Crippen LogP contribution in [0.5, 0.6) is 0 Å². The molecule has 2 heterocycles. The van der Waals surface area contributed by atoms with Crippen LogP contribution in [0.4, 0.5) is 4.39 Å². The van der Waals surface area contributed by atoms with Crippen molar-refractivity contribution in [3.05, 3.63) is 90.6 Å². The van der Waals surface area contributed by atoms with Crippen molar-refractivity contribution in [1.29, 1.82) is 0 Å². The van der Waals surface area contributed by atoms with Crippen molar-refractivity contribution < 1.29 is 25.9 Å². The van der Waals surface area contributed by atoms with Crippen LogP contribution in [0.15, 0.2) is 79.3 Å². The van der Waals surface area contributed by atoms with Gasteiger partial charge in [0, 0.05) is 23.5 Å². The molecular formula is C27H28AsFN4O5. The zero-order valence-electron chi connectivity index (χ0n) is 20.7. The first kappa shape index (κ1) is 27.5. The molecule has 38 heavy (non-hydrogen) atoms. The predicted molar refractivity (Wildman–Crippen MR) is 140 cm³/mol. The number of amides is 1. The third-order valence-electron chi connectivity index (χ3n) is 6.19. The number of H-pyrrole nitrogens is 1. The van der Waals surface area contributed by atoms with Gasteiger partial charge in [-0.05, 0) is 42.0 Å². The van der Waals surface area contributed by atoms with E-state index in [9.17, 15) is 12.9 Å². The zero-order chi connectivity index (χ0) is 27.0. The average molecular weight is 582 g/mol. The summed E-state index contributed by atoms with van der Waals surface area (Å²) in [5.74, 6) is -0.322. The van der Waals surface area contributed by atoms with Crippen LogP contribution >= 0.6 is 0 Å². The number of pyridine rings is 1. The third-order valence-corrected chi connectivity index (χ3v) is 9.25. The van der Waals surface area contributed by atoms with E-state index >= 15 is 0 Å². The van der Waals surface area contributed by atoms with Gasteiger partial charge < -0.3 is 0 Å². The minimum absolute atomic E-state index is 0.247. The molecule has 198 valence electrons. The van der Waals surface area contributed by atoms with Crippen LogP contribution < -0.4 is 9.83 Å². The van der Waals surface area contributed by atoms with Gasteiger partial charge in [0.2, 0.25) is 0 Å². The minimum Gasteiger partial charge on any atom is -0.277 e. The molecule has 4 aromatic rings. The molecular weight excluding hydrogens is 554 g/mol. The van der Waals surface area contributed by atoms with Crippen molar-refractivity contribution >= 4 is 24.4 Å². The number of carbonyl (C=O) groups is 1. The van der Waals surface area contributed by atoms with Crippen molar-refractivity contribution in [3.63, 3.8) is 0 Å².